The zero-order chi connectivity index (χ0) is 14.8. The molecule has 0 radical (unpaired) electrons. The van der Waals surface area contributed by atoms with Crippen LogP contribution in [0.25, 0.3) is 0 Å². The molecular formula is C11H16N4O5. The van der Waals surface area contributed by atoms with Crippen LogP contribution in [0.4, 0.5) is 4.79 Å². The van der Waals surface area contributed by atoms with Crippen LogP contribution in [0.5, 0.6) is 0 Å². The number of nitrogens with zero attached hydrogens (tertiary/aromatic N) is 2. The number of hydrogen-bond donors (Lipinski definition) is 3. The molecule has 20 heavy (non-hydrogen) atoms. The van der Waals surface area contributed by atoms with Crippen LogP contribution in [-0.4, -0.2) is 46.5 Å². The highest BCUT2D eigenvalue weighted by Crippen LogP contribution is 2.28. The lowest BCUT2D eigenvalue weighted by atomic mass is 9.85. The third-order valence-corrected chi connectivity index (χ3v) is 3.22. The van der Waals surface area contributed by atoms with Gasteiger partial charge in [-0.1, -0.05) is 5.16 Å². The third kappa shape index (κ3) is 2.87. The number of hydrogen-bond acceptors (Lipinski definition) is 6. The van der Waals surface area contributed by atoms with Crippen molar-refractivity contribution in [3.8, 4) is 0 Å². The van der Waals surface area contributed by atoms with E-state index in [1.807, 2.05) is 0 Å². The van der Waals surface area contributed by atoms with Gasteiger partial charge >= 0.3 is 12.0 Å². The van der Waals surface area contributed by atoms with E-state index < -0.39 is 23.5 Å². The van der Waals surface area contributed by atoms with Gasteiger partial charge in [-0.15, -0.1) is 0 Å². The number of aromatic nitrogens is 2. The first-order valence-electron chi connectivity index (χ1n) is 6.06. The van der Waals surface area contributed by atoms with Crippen LogP contribution in [0, 0.1) is 12.3 Å². The van der Waals surface area contributed by atoms with Crippen LogP contribution >= 0.6 is 0 Å². The van der Waals surface area contributed by atoms with Crippen molar-refractivity contribution in [1.82, 2.24) is 20.8 Å². The van der Waals surface area contributed by atoms with Gasteiger partial charge in [0, 0.05) is 0 Å². The molecule has 2 atom stereocenters. The van der Waals surface area contributed by atoms with E-state index in [1.165, 1.54) is 6.92 Å². The molecule has 0 bridgehead atoms. The highest BCUT2D eigenvalue weighted by Gasteiger charge is 2.47. The topological polar surface area (TPSA) is 127 Å². The van der Waals surface area contributed by atoms with Crippen molar-refractivity contribution in [3.05, 3.63) is 11.7 Å². The van der Waals surface area contributed by atoms with Crippen LogP contribution in [0.15, 0.2) is 4.52 Å². The number of carbonyl (C=O) groups is 2. The average molecular weight is 284 g/mol. The van der Waals surface area contributed by atoms with Gasteiger partial charge in [0.05, 0.1) is 25.8 Å². The van der Waals surface area contributed by atoms with Gasteiger partial charge in [-0.05, 0) is 13.8 Å². The molecule has 1 saturated heterocycles. The van der Waals surface area contributed by atoms with Crippen molar-refractivity contribution < 1.29 is 24.0 Å². The predicted octanol–water partition coefficient (Wildman–Crippen LogP) is -0.333. The minimum Gasteiger partial charge on any atom is -0.481 e. The molecule has 1 aliphatic heterocycles. The van der Waals surface area contributed by atoms with Crippen molar-refractivity contribution in [1.29, 1.82) is 0 Å². The number of ether oxygens (including phenoxy) is 1. The molecule has 2 amide bonds. The number of carboxylic acid groups (broad SMARTS) is 1. The van der Waals surface area contributed by atoms with E-state index in [4.69, 9.17) is 9.26 Å². The molecule has 9 heteroatoms. The number of aryl methyl sites for hydroxylation is 1. The molecular weight excluding hydrogens is 268 g/mol. The first-order valence-corrected chi connectivity index (χ1v) is 6.06. The highest BCUT2D eigenvalue weighted by molar-refractivity contribution is 5.79. The molecule has 2 heterocycles. The van der Waals surface area contributed by atoms with E-state index in [0.29, 0.717) is 5.82 Å². The Morgan fingerprint density at radius 1 is 1.55 bits per heavy atom. The maximum absolute atomic E-state index is 11.7. The molecule has 0 aliphatic carbocycles. The normalized spacial score (nSPS) is 25.4. The van der Waals surface area contributed by atoms with Crippen molar-refractivity contribution in [3.63, 3.8) is 0 Å². The molecule has 1 aromatic heterocycles. The summed E-state index contributed by atoms with van der Waals surface area (Å²) in [5.41, 5.74) is -1.13. The second kappa shape index (κ2) is 5.45. The Morgan fingerprint density at radius 3 is 2.90 bits per heavy atom. The van der Waals surface area contributed by atoms with Gasteiger partial charge in [0.15, 0.2) is 5.82 Å². The molecule has 2 rings (SSSR count). The van der Waals surface area contributed by atoms with Crippen LogP contribution in [0.1, 0.15) is 18.6 Å². The van der Waals surface area contributed by atoms with Gasteiger partial charge in [-0.3, -0.25) is 4.79 Å². The molecule has 0 saturated carbocycles. The van der Waals surface area contributed by atoms with E-state index in [-0.39, 0.29) is 25.6 Å². The number of rotatable bonds is 4. The summed E-state index contributed by atoms with van der Waals surface area (Å²) < 4.78 is 9.98. The Balaban J connectivity index is 1.86. The molecule has 2 unspecified atom stereocenters. The lowest BCUT2D eigenvalue weighted by Gasteiger charge is -2.25. The van der Waals surface area contributed by atoms with Gasteiger partial charge in [0.1, 0.15) is 5.41 Å². The number of aliphatic carboxylic acids is 1. The van der Waals surface area contributed by atoms with E-state index in [0.717, 1.165) is 0 Å². The summed E-state index contributed by atoms with van der Waals surface area (Å²) in [5, 5.41) is 17.9. The minimum atomic E-state index is -1.13. The Morgan fingerprint density at radius 2 is 2.30 bits per heavy atom. The SMILES string of the molecule is Cc1noc(CNC(=O)NC2COCC2(C)C(=O)O)n1. The standard InChI is InChI=1S/C11H16N4O5/c1-6-13-8(20-15-6)3-12-10(18)14-7-4-19-5-11(7,2)9(16)17/h7H,3-5H2,1-2H3,(H,16,17)(H2,12,14,18). The van der Waals surface area contributed by atoms with Crippen LogP contribution in [0.3, 0.4) is 0 Å². The van der Waals surface area contributed by atoms with Crippen LogP contribution in [0.2, 0.25) is 0 Å². The summed E-state index contributed by atoms with van der Waals surface area (Å²) in [7, 11) is 0. The maximum Gasteiger partial charge on any atom is 0.315 e. The maximum atomic E-state index is 11.7. The van der Waals surface area contributed by atoms with Gasteiger partial charge in [-0.2, -0.15) is 4.98 Å². The molecule has 110 valence electrons. The molecule has 1 fully saturated rings. The molecule has 0 aromatic carbocycles. The number of carbonyl (C=O) groups excluding carboxylic acids is 1. The second-order valence-electron chi connectivity index (χ2n) is 4.85. The third-order valence-electron chi connectivity index (χ3n) is 3.22. The summed E-state index contributed by atoms with van der Waals surface area (Å²) in [5.74, 6) is -0.251. The Kier molecular flexibility index (Phi) is 3.89. The summed E-state index contributed by atoms with van der Waals surface area (Å²) in [4.78, 5) is 26.9. The first kappa shape index (κ1) is 14.3. The number of nitrogens with one attached hydrogen (secondary N) is 2. The van der Waals surface area contributed by atoms with E-state index in [1.54, 1.807) is 6.92 Å². The van der Waals surface area contributed by atoms with Crippen molar-refractivity contribution in [2.24, 2.45) is 5.41 Å². The zero-order valence-corrected chi connectivity index (χ0v) is 11.2. The van der Waals surface area contributed by atoms with Gasteiger partial charge < -0.3 is 25.0 Å². The fourth-order valence-electron chi connectivity index (χ4n) is 1.86. The molecule has 1 aromatic rings. The zero-order valence-electron chi connectivity index (χ0n) is 11.2. The fraction of sp³-hybridized carbons (Fsp3) is 0.636. The van der Waals surface area contributed by atoms with Gasteiger partial charge in [-0.25, -0.2) is 4.79 Å². The minimum absolute atomic E-state index is 0.0656. The largest absolute Gasteiger partial charge is 0.481 e. The quantitative estimate of drug-likeness (QED) is 0.690. The van der Waals surface area contributed by atoms with E-state index >= 15 is 0 Å². The van der Waals surface area contributed by atoms with Crippen LogP contribution in [-0.2, 0) is 16.1 Å². The molecule has 1 aliphatic rings. The Bertz CT molecular complexity index is 517. The van der Waals surface area contributed by atoms with E-state index in [2.05, 4.69) is 20.8 Å². The molecule has 9 nitrogen and oxygen atoms in total. The fourth-order valence-corrected chi connectivity index (χ4v) is 1.86. The van der Waals surface area contributed by atoms with E-state index in [9.17, 15) is 14.7 Å². The summed E-state index contributed by atoms with van der Waals surface area (Å²) in [6.45, 7) is 3.51. The first-order chi connectivity index (χ1) is 9.41. The highest BCUT2D eigenvalue weighted by atomic mass is 16.5. The summed E-state index contributed by atoms with van der Waals surface area (Å²) >= 11 is 0. The number of urea groups is 1. The van der Waals surface area contributed by atoms with Gasteiger partial charge in [0.2, 0.25) is 5.89 Å². The summed E-state index contributed by atoms with van der Waals surface area (Å²) in [6, 6.07) is -1.10. The number of amides is 2. The second-order valence-corrected chi connectivity index (χ2v) is 4.85. The smallest absolute Gasteiger partial charge is 0.315 e. The van der Waals surface area contributed by atoms with Crippen LogP contribution < -0.4 is 10.6 Å². The monoisotopic (exact) mass is 284 g/mol. The number of carboxylic acids is 1. The predicted molar refractivity (Wildman–Crippen MR) is 64.8 cm³/mol. The average Bonchev–Trinajstić information content (AvgIpc) is 2.95. The molecule has 0 spiro atoms. The van der Waals surface area contributed by atoms with Crippen molar-refractivity contribution in [2.75, 3.05) is 13.2 Å². The molecule has 3 N–H and O–H groups in total. The van der Waals surface area contributed by atoms with Crippen molar-refractivity contribution in [2.45, 2.75) is 26.4 Å². The lowest BCUT2D eigenvalue weighted by Crippen LogP contribution is -2.52. The summed E-state index contributed by atoms with van der Waals surface area (Å²) in [6.07, 6.45) is 0. The lowest BCUT2D eigenvalue weighted by molar-refractivity contribution is -0.148. The Labute approximate surface area is 114 Å². The Hall–Kier alpha value is -2.16. The van der Waals surface area contributed by atoms with Gasteiger partial charge in [0.25, 0.3) is 0 Å². The van der Waals surface area contributed by atoms with Crippen molar-refractivity contribution >= 4 is 12.0 Å².